The van der Waals surface area contributed by atoms with Gasteiger partial charge in [-0.15, -0.1) is 0 Å². The maximum absolute atomic E-state index is 5.80. The van der Waals surface area contributed by atoms with Crippen LogP contribution in [-0.4, -0.2) is 20.3 Å². The summed E-state index contributed by atoms with van der Waals surface area (Å²) < 4.78 is 11.0. The van der Waals surface area contributed by atoms with Crippen LogP contribution in [0, 0.1) is 0 Å². The lowest BCUT2D eigenvalue weighted by Crippen LogP contribution is -2.05. The molecule has 0 bridgehead atoms. The third-order valence-corrected chi connectivity index (χ3v) is 4.27. The van der Waals surface area contributed by atoms with E-state index in [0.29, 0.717) is 0 Å². The van der Waals surface area contributed by atoms with Crippen molar-refractivity contribution >= 4 is 5.69 Å². The molecule has 0 aromatic heterocycles. The first kappa shape index (κ1) is 19.2. The predicted octanol–water partition coefficient (Wildman–Crippen LogP) is 5.70. The summed E-state index contributed by atoms with van der Waals surface area (Å²) in [7, 11) is 1.69. The van der Waals surface area contributed by atoms with Crippen LogP contribution in [0.15, 0.2) is 48.5 Å². The molecule has 0 aliphatic heterocycles. The van der Waals surface area contributed by atoms with Crippen LogP contribution in [0.1, 0.15) is 44.6 Å². The summed E-state index contributed by atoms with van der Waals surface area (Å²) in [6.45, 7) is 3.96. The molecule has 0 unspecified atom stereocenters. The minimum absolute atomic E-state index is 0.813. The van der Waals surface area contributed by atoms with Gasteiger partial charge in [0.15, 0.2) is 0 Å². The normalized spacial score (nSPS) is 10.5. The molecule has 2 aromatic rings. The Hall–Kier alpha value is -2.16. The van der Waals surface area contributed by atoms with Crippen molar-refractivity contribution < 1.29 is 9.47 Å². The van der Waals surface area contributed by atoms with Crippen molar-refractivity contribution in [2.45, 2.75) is 45.4 Å². The third kappa shape index (κ3) is 7.51. The first-order chi connectivity index (χ1) is 12.3. The predicted molar refractivity (Wildman–Crippen MR) is 106 cm³/mol. The minimum Gasteiger partial charge on any atom is -0.497 e. The zero-order chi connectivity index (χ0) is 17.7. The Morgan fingerprint density at radius 2 is 1.48 bits per heavy atom. The Morgan fingerprint density at radius 3 is 2.16 bits per heavy atom. The highest BCUT2D eigenvalue weighted by molar-refractivity contribution is 5.46. The van der Waals surface area contributed by atoms with Gasteiger partial charge in [0, 0.05) is 12.2 Å². The first-order valence-corrected chi connectivity index (χ1v) is 9.41. The number of methoxy groups -OCH3 is 1. The third-order valence-electron chi connectivity index (χ3n) is 4.27. The Morgan fingerprint density at radius 1 is 0.800 bits per heavy atom. The van der Waals surface area contributed by atoms with Crippen LogP contribution in [0.25, 0.3) is 0 Å². The highest BCUT2D eigenvalue weighted by Gasteiger charge is 1.98. The van der Waals surface area contributed by atoms with Gasteiger partial charge in [0.05, 0.1) is 13.7 Å². The molecule has 0 saturated carbocycles. The van der Waals surface area contributed by atoms with Gasteiger partial charge < -0.3 is 14.8 Å². The summed E-state index contributed by atoms with van der Waals surface area (Å²) in [5.41, 5.74) is 2.43. The molecule has 3 nitrogen and oxygen atoms in total. The molecule has 3 heteroatoms. The summed E-state index contributed by atoms with van der Waals surface area (Å²) in [4.78, 5) is 0. The maximum atomic E-state index is 5.80. The van der Waals surface area contributed by atoms with E-state index >= 15 is 0 Å². The van der Waals surface area contributed by atoms with Crippen LogP contribution < -0.4 is 14.8 Å². The molecule has 0 radical (unpaired) electrons. The number of rotatable bonds is 12. The lowest BCUT2D eigenvalue weighted by Gasteiger charge is -2.09. The van der Waals surface area contributed by atoms with Crippen molar-refractivity contribution in [1.29, 1.82) is 0 Å². The van der Waals surface area contributed by atoms with E-state index in [1.807, 2.05) is 24.3 Å². The number of anilines is 1. The summed E-state index contributed by atoms with van der Waals surface area (Å²) in [5.74, 6) is 1.86. The van der Waals surface area contributed by atoms with Gasteiger partial charge in [-0.05, 0) is 54.8 Å². The zero-order valence-electron chi connectivity index (χ0n) is 15.6. The van der Waals surface area contributed by atoms with Crippen molar-refractivity contribution in [3.63, 3.8) is 0 Å². The molecule has 2 rings (SSSR count). The molecule has 2 aromatic carbocycles. The molecule has 0 aliphatic rings. The maximum Gasteiger partial charge on any atom is 0.119 e. The molecule has 0 saturated heterocycles. The zero-order valence-corrected chi connectivity index (χ0v) is 15.6. The first-order valence-electron chi connectivity index (χ1n) is 9.41. The van der Waals surface area contributed by atoms with Gasteiger partial charge in [-0.1, -0.05) is 44.7 Å². The van der Waals surface area contributed by atoms with Crippen LogP contribution in [0.3, 0.4) is 0 Å². The van der Waals surface area contributed by atoms with Gasteiger partial charge in [-0.2, -0.15) is 0 Å². The standard InChI is InChI=1S/C22H31NO2/c1-3-4-5-6-7-18-25-22-14-10-20(11-15-22)23-17-16-19-8-12-21(24-2)13-9-19/h8-15,23H,3-7,16-18H2,1-2H3. The lowest BCUT2D eigenvalue weighted by atomic mass is 10.1. The van der Waals surface area contributed by atoms with Gasteiger partial charge in [0.25, 0.3) is 0 Å². The van der Waals surface area contributed by atoms with Gasteiger partial charge in [0.2, 0.25) is 0 Å². The second-order valence-corrected chi connectivity index (χ2v) is 6.31. The molecule has 0 atom stereocenters. The molecular formula is C22H31NO2. The van der Waals surface area contributed by atoms with Crippen LogP contribution in [0.4, 0.5) is 5.69 Å². The average molecular weight is 341 g/mol. The van der Waals surface area contributed by atoms with Crippen molar-refractivity contribution in [3.05, 3.63) is 54.1 Å². The van der Waals surface area contributed by atoms with Crippen molar-refractivity contribution in [2.24, 2.45) is 0 Å². The van der Waals surface area contributed by atoms with E-state index in [1.54, 1.807) is 7.11 Å². The molecule has 0 spiro atoms. The van der Waals surface area contributed by atoms with E-state index in [2.05, 4.69) is 36.5 Å². The number of hydrogen-bond acceptors (Lipinski definition) is 3. The van der Waals surface area contributed by atoms with Crippen LogP contribution >= 0.6 is 0 Å². The second-order valence-electron chi connectivity index (χ2n) is 6.31. The van der Waals surface area contributed by atoms with Crippen LogP contribution in [0.2, 0.25) is 0 Å². The summed E-state index contributed by atoms with van der Waals surface area (Å²) in [6.07, 6.45) is 7.32. The molecule has 1 N–H and O–H groups in total. The van der Waals surface area contributed by atoms with E-state index in [0.717, 1.165) is 43.2 Å². The van der Waals surface area contributed by atoms with Gasteiger partial charge >= 0.3 is 0 Å². The number of nitrogens with one attached hydrogen (secondary N) is 1. The minimum atomic E-state index is 0.813. The summed E-state index contributed by atoms with van der Waals surface area (Å²) in [6, 6.07) is 16.5. The topological polar surface area (TPSA) is 30.5 Å². The molecule has 0 fully saturated rings. The highest BCUT2D eigenvalue weighted by atomic mass is 16.5. The molecule has 25 heavy (non-hydrogen) atoms. The fourth-order valence-corrected chi connectivity index (χ4v) is 2.71. The molecule has 0 heterocycles. The fourth-order valence-electron chi connectivity index (χ4n) is 2.71. The van der Waals surface area contributed by atoms with E-state index in [1.165, 1.54) is 31.2 Å². The van der Waals surface area contributed by atoms with Crippen LogP contribution in [-0.2, 0) is 6.42 Å². The Bertz CT molecular complexity index is 578. The Kier molecular flexibility index (Phi) is 8.74. The Balaban J connectivity index is 1.64. The molecular weight excluding hydrogens is 310 g/mol. The highest BCUT2D eigenvalue weighted by Crippen LogP contribution is 2.17. The van der Waals surface area contributed by atoms with Crippen molar-refractivity contribution in [1.82, 2.24) is 0 Å². The largest absolute Gasteiger partial charge is 0.497 e. The quantitative estimate of drug-likeness (QED) is 0.502. The lowest BCUT2D eigenvalue weighted by molar-refractivity contribution is 0.304. The summed E-state index contributed by atoms with van der Waals surface area (Å²) >= 11 is 0. The van der Waals surface area contributed by atoms with Gasteiger partial charge in [-0.25, -0.2) is 0 Å². The molecule has 0 amide bonds. The summed E-state index contributed by atoms with van der Waals surface area (Å²) in [5, 5.41) is 3.45. The monoisotopic (exact) mass is 341 g/mol. The number of benzene rings is 2. The molecule has 0 aliphatic carbocycles. The van der Waals surface area contributed by atoms with Crippen LogP contribution in [0.5, 0.6) is 11.5 Å². The molecule has 136 valence electrons. The van der Waals surface area contributed by atoms with E-state index in [4.69, 9.17) is 9.47 Å². The van der Waals surface area contributed by atoms with Gasteiger partial charge in [0.1, 0.15) is 11.5 Å². The fraction of sp³-hybridized carbons (Fsp3) is 0.455. The van der Waals surface area contributed by atoms with E-state index in [9.17, 15) is 0 Å². The average Bonchev–Trinajstić information content (AvgIpc) is 2.66. The SMILES string of the molecule is CCCCCCCOc1ccc(NCCc2ccc(OC)cc2)cc1. The number of ether oxygens (including phenoxy) is 2. The van der Waals surface area contributed by atoms with E-state index in [-0.39, 0.29) is 0 Å². The number of unbranched alkanes of at least 4 members (excludes halogenated alkanes) is 4. The second kappa shape index (κ2) is 11.4. The van der Waals surface area contributed by atoms with Crippen molar-refractivity contribution in [2.75, 3.05) is 25.6 Å². The van der Waals surface area contributed by atoms with E-state index < -0.39 is 0 Å². The smallest absolute Gasteiger partial charge is 0.119 e. The van der Waals surface area contributed by atoms with Crippen molar-refractivity contribution in [3.8, 4) is 11.5 Å². The Labute approximate surface area is 152 Å². The van der Waals surface area contributed by atoms with Gasteiger partial charge in [-0.3, -0.25) is 0 Å². The number of hydrogen-bond donors (Lipinski definition) is 1.